The van der Waals surface area contributed by atoms with E-state index in [1.54, 1.807) is 18.2 Å². The molecule has 0 saturated heterocycles. The van der Waals surface area contributed by atoms with Crippen molar-refractivity contribution < 1.29 is 4.79 Å². The lowest BCUT2D eigenvalue weighted by Crippen LogP contribution is -2.26. The molecular weight excluding hydrogens is 298 g/mol. The SMILES string of the molecule is CCCn1nc(C(=O)Nc2ccc3[nH]c(=O)[nH]c3c2)ccc1=O. The Morgan fingerprint density at radius 2 is 1.96 bits per heavy atom. The standard InChI is InChI=1S/C15H15N5O3/c1-2-7-20-13(21)6-5-11(19-20)14(22)16-9-3-4-10-12(8-9)18-15(23)17-10/h3-6,8H,2,7H2,1H3,(H,16,22)(H2,17,18,23). The first-order chi connectivity index (χ1) is 11.1. The summed E-state index contributed by atoms with van der Waals surface area (Å²) in [5.41, 5.74) is 1.37. The number of nitrogens with zero attached hydrogens (tertiary/aromatic N) is 2. The third-order valence-corrected chi connectivity index (χ3v) is 3.31. The number of aromatic amines is 2. The van der Waals surface area contributed by atoms with E-state index in [-0.39, 0.29) is 16.9 Å². The van der Waals surface area contributed by atoms with Crippen LogP contribution in [0.2, 0.25) is 0 Å². The number of aryl methyl sites for hydroxylation is 1. The van der Waals surface area contributed by atoms with E-state index in [0.717, 1.165) is 6.42 Å². The predicted molar refractivity (Wildman–Crippen MR) is 85.7 cm³/mol. The Hall–Kier alpha value is -3.16. The van der Waals surface area contributed by atoms with Crippen molar-refractivity contribution in [2.75, 3.05) is 5.32 Å². The molecule has 0 atom stereocenters. The maximum atomic E-state index is 12.3. The maximum absolute atomic E-state index is 12.3. The number of hydrogen-bond donors (Lipinski definition) is 3. The Balaban J connectivity index is 1.86. The molecule has 0 saturated carbocycles. The third-order valence-electron chi connectivity index (χ3n) is 3.31. The lowest BCUT2D eigenvalue weighted by molar-refractivity contribution is 0.102. The second-order valence-corrected chi connectivity index (χ2v) is 5.07. The number of aromatic nitrogens is 4. The maximum Gasteiger partial charge on any atom is 0.323 e. The molecular formula is C15H15N5O3. The van der Waals surface area contributed by atoms with Gasteiger partial charge in [-0.2, -0.15) is 5.10 Å². The fourth-order valence-corrected chi connectivity index (χ4v) is 2.25. The van der Waals surface area contributed by atoms with E-state index in [1.807, 2.05) is 6.92 Å². The summed E-state index contributed by atoms with van der Waals surface area (Å²) in [7, 11) is 0. The van der Waals surface area contributed by atoms with Gasteiger partial charge in [-0.3, -0.25) is 9.59 Å². The number of H-pyrrole nitrogens is 2. The number of carbonyl (C=O) groups excluding carboxylic acids is 1. The molecule has 8 heteroatoms. The molecule has 23 heavy (non-hydrogen) atoms. The number of hydrogen-bond acceptors (Lipinski definition) is 4. The lowest BCUT2D eigenvalue weighted by Gasteiger charge is -2.07. The van der Waals surface area contributed by atoms with Crippen LogP contribution >= 0.6 is 0 Å². The first kappa shape index (κ1) is 14.8. The normalized spacial score (nSPS) is 10.8. The molecule has 0 aliphatic heterocycles. The van der Waals surface area contributed by atoms with E-state index >= 15 is 0 Å². The van der Waals surface area contributed by atoms with Gasteiger partial charge in [0.25, 0.3) is 11.5 Å². The van der Waals surface area contributed by atoms with Gasteiger partial charge < -0.3 is 15.3 Å². The first-order valence-electron chi connectivity index (χ1n) is 7.18. The Morgan fingerprint density at radius 1 is 1.17 bits per heavy atom. The summed E-state index contributed by atoms with van der Waals surface area (Å²) >= 11 is 0. The summed E-state index contributed by atoms with van der Waals surface area (Å²) in [6, 6.07) is 7.72. The number of fused-ring (bicyclic) bond motifs is 1. The van der Waals surface area contributed by atoms with Crippen molar-refractivity contribution in [1.82, 2.24) is 19.7 Å². The zero-order valence-corrected chi connectivity index (χ0v) is 12.4. The Morgan fingerprint density at radius 3 is 2.74 bits per heavy atom. The molecule has 0 unspecified atom stereocenters. The average Bonchev–Trinajstić information content (AvgIpc) is 2.89. The van der Waals surface area contributed by atoms with E-state index < -0.39 is 5.91 Å². The van der Waals surface area contributed by atoms with Crippen LogP contribution in [0.3, 0.4) is 0 Å². The number of benzene rings is 1. The zero-order chi connectivity index (χ0) is 16.4. The van der Waals surface area contributed by atoms with Crippen LogP contribution < -0.4 is 16.6 Å². The zero-order valence-electron chi connectivity index (χ0n) is 12.4. The van der Waals surface area contributed by atoms with Gasteiger partial charge in [0.1, 0.15) is 5.69 Å². The molecule has 8 nitrogen and oxygen atoms in total. The first-order valence-corrected chi connectivity index (χ1v) is 7.18. The van der Waals surface area contributed by atoms with Gasteiger partial charge in [-0.1, -0.05) is 6.92 Å². The van der Waals surface area contributed by atoms with Crippen molar-refractivity contribution in [2.24, 2.45) is 0 Å². The van der Waals surface area contributed by atoms with Crippen LogP contribution in [0.25, 0.3) is 11.0 Å². The second kappa shape index (κ2) is 5.91. The summed E-state index contributed by atoms with van der Waals surface area (Å²) < 4.78 is 1.27. The lowest BCUT2D eigenvalue weighted by atomic mass is 10.2. The number of amides is 1. The van der Waals surface area contributed by atoms with Crippen LogP contribution in [-0.2, 0) is 6.54 Å². The molecule has 3 rings (SSSR count). The van der Waals surface area contributed by atoms with E-state index in [2.05, 4.69) is 20.4 Å². The largest absolute Gasteiger partial charge is 0.323 e. The minimum Gasteiger partial charge on any atom is -0.321 e. The number of rotatable bonds is 4. The monoisotopic (exact) mass is 313 g/mol. The van der Waals surface area contributed by atoms with E-state index in [1.165, 1.54) is 16.8 Å². The molecule has 0 aliphatic rings. The molecule has 0 aliphatic carbocycles. The average molecular weight is 313 g/mol. The molecule has 1 amide bonds. The van der Waals surface area contributed by atoms with Crippen LogP contribution in [0, 0.1) is 0 Å². The van der Waals surface area contributed by atoms with E-state index in [4.69, 9.17) is 0 Å². The van der Waals surface area contributed by atoms with Gasteiger partial charge in [0.15, 0.2) is 0 Å². The van der Waals surface area contributed by atoms with Gasteiger partial charge in [-0.05, 0) is 30.7 Å². The molecule has 0 radical (unpaired) electrons. The highest BCUT2D eigenvalue weighted by Crippen LogP contribution is 2.15. The van der Waals surface area contributed by atoms with Crippen LogP contribution in [0.15, 0.2) is 39.9 Å². The van der Waals surface area contributed by atoms with Gasteiger partial charge in [0.05, 0.1) is 11.0 Å². The summed E-state index contributed by atoms with van der Waals surface area (Å²) in [5.74, 6) is -0.424. The molecule has 118 valence electrons. The van der Waals surface area contributed by atoms with Gasteiger partial charge >= 0.3 is 5.69 Å². The van der Waals surface area contributed by atoms with Crippen LogP contribution in [0.5, 0.6) is 0 Å². The van der Waals surface area contributed by atoms with Gasteiger partial charge in [0.2, 0.25) is 0 Å². The molecule has 0 bridgehead atoms. The number of imidazole rings is 1. The van der Waals surface area contributed by atoms with Crippen LogP contribution in [0.1, 0.15) is 23.8 Å². The highest BCUT2D eigenvalue weighted by Gasteiger charge is 2.10. The summed E-state index contributed by atoms with van der Waals surface area (Å²) in [6.07, 6.45) is 0.746. The second-order valence-electron chi connectivity index (χ2n) is 5.07. The summed E-state index contributed by atoms with van der Waals surface area (Å²) in [4.78, 5) is 40.4. The fourth-order valence-electron chi connectivity index (χ4n) is 2.25. The molecule has 1 aromatic carbocycles. The Labute approximate surface area is 130 Å². The minimum absolute atomic E-state index is 0.153. The van der Waals surface area contributed by atoms with Crippen LogP contribution in [-0.4, -0.2) is 25.7 Å². The van der Waals surface area contributed by atoms with Crippen molar-refractivity contribution in [3.05, 3.63) is 56.9 Å². The minimum atomic E-state index is -0.424. The van der Waals surface area contributed by atoms with Gasteiger partial charge in [-0.15, -0.1) is 0 Å². The molecule has 2 heterocycles. The van der Waals surface area contributed by atoms with Crippen molar-refractivity contribution in [1.29, 1.82) is 0 Å². The molecule has 3 aromatic rings. The van der Waals surface area contributed by atoms with Crippen molar-refractivity contribution in [3.63, 3.8) is 0 Å². The quantitative estimate of drug-likeness (QED) is 0.668. The topological polar surface area (TPSA) is 113 Å². The molecule has 3 N–H and O–H groups in total. The van der Waals surface area contributed by atoms with Gasteiger partial charge in [0, 0.05) is 18.3 Å². The van der Waals surface area contributed by atoms with Crippen molar-refractivity contribution in [3.8, 4) is 0 Å². The predicted octanol–water partition coefficient (Wildman–Crippen LogP) is 1.08. The Kier molecular flexibility index (Phi) is 3.80. The van der Waals surface area contributed by atoms with E-state index in [9.17, 15) is 14.4 Å². The van der Waals surface area contributed by atoms with Crippen LogP contribution in [0.4, 0.5) is 5.69 Å². The summed E-state index contributed by atoms with van der Waals surface area (Å²) in [6.45, 7) is 2.38. The number of carbonyl (C=O) groups is 1. The number of nitrogens with one attached hydrogen (secondary N) is 3. The van der Waals surface area contributed by atoms with Crippen molar-refractivity contribution >= 4 is 22.6 Å². The highest BCUT2D eigenvalue weighted by molar-refractivity contribution is 6.03. The van der Waals surface area contributed by atoms with Gasteiger partial charge in [-0.25, -0.2) is 9.48 Å². The summed E-state index contributed by atoms with van der Waals surface area (Å²) in [5, 5.41) is 6.75. The molecule has 2 aromatic heterocycles. The highest BCUT2D eigenvalue weighted by atomic mass is 16.2. The molecule has 0 spiro atoms. The van der Waals surface area contributed by atoms with E-state index in [0.29, 0.717) is 23.3 Å². The molecule has 0 fully saturated rings. The van der Waals surface area contributed by atoms with Crippen molar-refractivity contribution in [2.45, 2.75) is 19.9 Å². The third kappa shape index (κ3) is 3.05. The smallest absolute Gasteiger partial charge is 0.321 e. The fraction of sp³-hybridized carbons (Fsp3) is 0.200. The number of anilines is 1. The Bertz CT molecular complexity index is 982.